The average molecular weight is 341 g/mol. The van der Waals surface area contributed by atoms with Gasteiger partial charge in [0, 0.05) is 0 Å². The van der Waals surface area contributed by atoms with Gasteiger partial charge in [0.15, 0.2) is 6.61 Å². The number of rotatable bonds is 7. The van der Waals surface area contributed by atoms with E-state index in [1.54, 1.807) is 6.92 Å². The highest BCUT2D eigenvalue weighted by molar-refractivity contribution is 5.77. The summed E-state index contributed by atoms with van der Waals surface area (Å²) in [6, 6.07) is 7.45. The molecule has 1 aliphatic carbocycles. The molecule has 0 radical (unpaired) electrons. The van der Waals surface area contributed by atoms with Gasteiger partial charge in [-0.05, 0) is 43.2 Å². The Hall–Kier alpha value is -1.53. The first-order valence-electron chi connectivity index (χ1n) is 8.34. The quantitative estimate of drug-likeness (QED) is 0.748. The van der Waals surface area contributed by atoms with E-state index < -0.39 is 31.0 Å². The van der Waals surface area contributed by atoms with Gasteiger partial charge in [-0.3, -0.25) is 4.79 Å². The normalized spacial score (nSPS) is 22.4. The van der Waals surface area contributed by atoms with Gasteiger partial charge in [0.1, 0.15) is 0 Å². The van der Waals surface area contributed by atoms with Crippen LogP contribution >= 0.6 is 0 Å². The van der Waals surface area contributed by atoms with Crippen molar-refractivity contribution in [1.82, 2.24) is 0 Å². The summed E-state index contributed by atoms with van der Waals surface area (Å²) in [7, 11) is 0. The third-order valence-corrected chi connectivity index (χ3v) is 4.67. The van der Waals surface area contributed by atoms with Crippen LogP contribution in [0.25, 0.3) is 0 Å². The van der Waals surface area contributed by atoms with Gasteiger partial charge in [-0.1, -0.05) is 30.7 Å². The lowest BCUT2D eigenvalue weighted by molar-refractivity contribution is -0.155. The summed E-state index contributed by atoms with van der Waals surface area (Å²) in [5, 5.41) is 9.88. The summed E-state index contributed by atoms with van der Waals surface area (Å²) < 4.78 is 30.7. The van der Waals surface area contributed by atoms with Crippen molar-refractivity contribution in [3.8, 4) is 0 Å². The van der Waals surface area contributed by atoms with Crippen LogP contribution in [0.5, 0.6) is 0 Å². The third-order valence-electron chi connectivity index (χ3n) is 4.67. The second-order valence-electron chi connectivity index (χ2n) is 6.59. The Balaban J connectivity index is 1.90. The first-order valence-corrected chi connectivity index (χ1v) is 8.34. The number of aliphatic hydroxyl groups is 1. The number of hydrogen-bond acceptors (Lipinski definition) is 4. The molecule has 0 amide bonds. The van der Waals surface area contributed by atoms with Crippen molar-refractivity contribution in [3.05, 3.63) is 35.4 Å². The number of ether oxygens (including phenoxy) is 1. The maximum absolute atomic E-state index is 13.0. The van der Waals surface area contributed by atoms with Crippen molar-refractivity contribution in [1.29, 1.82) is 0 Å². The molecule has 1 aromatic rings. The fourth-order valence-corrected chi connectivity index (χ4v) is 3.00. The molecule has 0 bridgehead atoms. The predicted molar refractivity (Wildman–Crippen MR) is 86.9 cm³/mol. The summed E-state index contributed by atoms with van der Waals surface area (Å²) in [5.41, 5.74) is 6.73. The highest BCUT2D eigenvalue weighted by Crippen LogP contribution is 2.29. The molecular formula is C18H25F2NO3. The van der Waals surface area contributed by atoms with Crippen LogP contribution in [0.15, 0.2) is 24.3 Å². The van der Waals surface area contributed by atoms with Crippen LogP contribution in [0.2, 0.25) is 0 Å². The molecule has 2 rings (SSSR count). The zero-order chi connectivity index (χ0) is 17.7. The fourth-order valence-electron chi connectivity index (χ4n) is 3.00. The molecule has 0 heterocycles. The van der Waals surface area contributed by atoms with Gasteiger partial charge < -0.3 is 15.6 Å². The maximum Gasteiger partial charge on any atom is 0.313 e. The van der Waals surface area contributed by atoms with Crippen LogP contribution in [-0.4, -0.2) is 36.3 Å². The van der Waals surface area contributed by atoms with Gasteiger partial charge in [-0.2, -0.15) is 0 Å². The zero-order valence-electron chi connectivity index (χ0n) is 13.9. The largest absolute Gasteiger partial charge is 0.459 e. The van der Waals surface area contributed by atoms with Crippen molar-refractivity contribution < 1.29 is 23.4 Å². The fraction of sp³-hybridized carbons (Fsp3) is 0.611. The highest BCUT2D eigenvalue weighted by Gasteiger charge is 2.30. The molecule has 1 aromatic carbocycles. The van der Waals surface area contributed by atoms with Gasteiger partial charge in [0.25, 0.3) is 5.92 Å². The lowest BCUT2D eigenvalue weighted by atomic mass is 9.93. The molecule has 134 valence electrons. The molecule has 3 atom stereocenters. The Morgan fingerprint density at radius 3 is 2.58 bits per heavy atom. The Labute approximate surface area is 141 Å². The van der Waals surface area contributed by atoms with Gasteiger partial charge in [-0.15, -0.1) is 0 Å². The van der Waals surface area contributed by atoms with E-state index in [2.05, 4.69) is 4.74 Å². The molecule has 1 fully saturated rings. The molecular weight excluding hydrogens is 316 g/mol. The van der Waals surface area contributed by atoms with Crippen LogP contribution in [0.4, 0.5) is 8.78 Å². The highest BCUT2D eigenvalue weighted by atomic mass is 19.3. The van der Waals surface area contributed by atoms with Crippen LogP contribution in [0, 0.1) is 5.92 Å². The second kappa shape index (κ2) is 8.03. The van der Waals surface area contributed by atoms with Crippen LogP contribution in [-0.2, 0) is 16.0 Å². The second-order valence-corrected chi connectivity index (χ2v) is 6.59. The van der Waals surface area contributed by atoms with E-state index in [1.165, 1.54) is 0 Å². The Bertz CT molecular complexity index is 548. The van der Waals surface area contributed by atoms with E-state index in [9.17, 15) is 18.7 Å². The molecule has 0 spiro atoms. The molecule has 1 saturated carbocycles. The maximum atomic E-state index is 13.0. The smallest absolute Gasteiger partial charge is 0.313 e. The standard InChI is InChI=1S/C18H25F2NO3/c1-12(17(23)24-11-18(19,20)10-21)14-7-5-13(6-8-14)9-15-3-2-4-16(15)22/h5-8,12,15-16,22H,2-4,9-11,21H2,1H3/t12?,15-,16+/m1/s1. The lowest BCUT2D eigenvalue weighted by Gasteiger charge is -2.17. The van der Waals surface area contributed by atoms with Crippen molar-refractivity contribution in [2.75, 3.05) is 13.2 Å². The summed E-state index contributed by atoms with van der Waals surface area (Å²) in [6.07, 6.45) is 3.52. The minimum atomic E-state index is -3.19. The van der Waals surface area contributed by atoms with E-state index >= 15 is 0 Å². The minimum absolute atomic E-state index is 0.234. The van der Waals surface area contributed by atoms with Gasteiger partial charge >= 0.3 is 5.97 Å². The van der Waals surface area contributed by atoms with E-state index in [1.807, 2.05) is 24.3 Å². The number of esters is 1. The van der Waals surface area contributed by atoms with Crippen LogP contribution in [0.3, 0.4) is 0 Å². The number of nitrogens with two attached hydrogens (primary N) is 1. The van der Waals surface area contributed by atoms with Crippen LogP contribution < -0.4 is 5.73 Å². The number of carbonyl (C=O) groups excluding carboxylic acids is 1. The number of alkyl halides is 2. The molecule has 0 aliphatic heterocycles. The van der Waals surface area contributed by atoms with E-state index in [0.717, 1.165) is 31.2 Å². The zero-order valence-corrected chi connectivity index (χ0v) is 13.9. The topological polar surface area (TPSA) is 72.5 Å². The summed E-state index contributed by atoms with van der Waals surface area (Å²) in [5.74, 6) is -4.22. The Morgan fingerprint density at radius 1 is 1.38 bits per heavy atom. The summed E-state index contributed by atoms with van der Waals surface area (Å²) in [4.78, 5) is 11.9. The molecule has 24 heavy (non-hydrogen) atoms. The van der Waals surface area contributed by atoms with Crippen LogP contribution in [0.1, 0.15) is 43.2 Å². The molecule has 0 saturated heterocycles. The monoisotopic (exact) mass is 341 g/mol. The predicted octanol–water partition coefficient (Wildman–Crippen LogP) is 2.63. The number of benzene rings is 1. The number of halogens is 2. The lowest BCUT2D eigenvalue weighted by Crippen LogP contribution is -2.34. The van der Waals surface area contributed by atoms with Crippen molar-refractivity contribution in [2.45, 2.75) is 50.6 Å². The Morgan fingerprint density at radius 2 is 2.04 bits per heavy atom. The first-order chi connectivity index (χ1) is 11.3. The van der Waals surface area contributed by atoms with E-state index in [4.69, 9.17) is 5.73 Å². The van der Waals surface area contributed by atoms with Crippen molar-refractivity contribution in [2.24, 2.45) is 11.7 Å². The Kier molecular flexibility index (Phi) is 6.29. The molecule has 1 unspecified atom stereocenters. The number of carbonyl (C=O) groups is 1. The van der Waals surface area contributed by atoms with E-state index in [-0.39, 0.29) is 12.0 Å². The third kappa shape index (κ3) is 4.98. The SMILES string of the molecule is CC(C(=O)OCC(F)(F)CN)c1ccc(C[C@H]2CCC[C@@H]2O)cc1. The number of hydrogen-bond donors (Lipinski definition) is 2. The molecule has 0 aromatic heterocycles. The summed E-state index contributed by atoms with van der Waals surface area (Å²) >= 11 is 0. The average Bonchev–Trinajstić information content (AvgIpc) is 2.97. The molecule has 1 aliphatic rings. The van der Waals surface area contributed by atoms with Gasteiger partial charge in [0.2, 0.25) is 0 Å². The van der Waals surface area contributed by atoms with Crippen molar-refractivity contribution >= 4 is 5.97 Å². The van der Waals surface area contributed by atoms with Gasteiger partial charge in [0.05, 0.1) is 18.6 Å². The van der Waals surface area contributed by atoms with E-state index in [0.29, 0.717) is 5.56 Å². The summed E-state index contributed by atoms with van der Waals surface area (Å²) in [6.45, 7) is -0.223. The number of aliphatic hydroxyl groups excluding tert-OH is 1. The molecule has 4 nitrogen and oxygen atoms in total. The molecule has 6 heteroatoms. The van der Waals surface area contributed by atoms with Gasteiger partial charge in [-0.25, -0.2) is 8.78 Å². The van der Waals surface area contributed by atoms with Crippen molar-refractivity contribution in [3.63, 3.8) is 0 Å². The minimum Gasteiger partial charge on any atom is -0.459 e. The molecule has 3 N–H and O–H groups in total. The first kappa shape index (κ1) is 18.8.